The lowest BCUT2D eigenvalue weighted by Gasteiger charge is -2.48. The number of piperidine rings is 1. The molecule has 2 fully saturated rings. The molecule has 2 saturated heterocycles. The molecule has 0 amide bonds. The minimum absolute atomic E-state index is 0.203. The van der Waals surface area contributed by atoms with E-state index in [1.807, 2.05) is 6.07 Å². The lowest BCUT2D eigenvalue weighted by Crippen LogP contribution is -2.51. The number of methoxy groups -OCH3 is 1. The third-order valence-corrected chi connectivity index (χ3v) is 5.07. The number of likely N-dealkylation sites (tertiary alicyclic amines) is 1. The first-order chi connectivity index (χ1) is 10.7. The normalized spacial score (nSPS) is 25.3. The SMILES string of the molecule is COc1nccc(CN2CC3(CCOCC3)CCC2CO)n1. The molecule has 2 aliphatic rings. The topological polar surface area (TPSA) is 67.7 Å². The summed E-state index contributed by atoms with van der Waals surface area (Å²) in [5.41, 5.74) is 1.29. The molecular weight excluding hydrogens is 282 g/mol. The van der Waals surface area contributed by atoms with E-state index in [1.165, 1.54) is 6.42 Å². The van der Waals surface area contributed by atoms with E-state index < -0.39 is 0 Å². The fourth-order valence-corrected chi connectivity index (χ4v) is 3.67. The number of aliphatic hydroxyl groups excluding tert-OH is 1. The van der Waals surface area contributed by atoms with Crippen molar-refractivity contribution in [3.8, 4) is 6.01 Å². The van der Waals surface area contributed by atoms with Gasteiger partial charge >= 0.3 is 6.01 Å². The highest BCUT2D eigenvalue weighted by Crippen LogP contribution is 2.41. The number of nitrogens with zero attached hydrogens (tertiary/aromatic N) is 3. The van der Waals surface area contributed by atoms with E-state index in [-0.39, 0.29) is 12.6 Å². The zero-order chi connectivity index (χ0) is 15.4. The van der Waals surface area contributed by atoms with Gasteiger partial charge in [-0.3, -0.25) is 4.90 Å². The lowest BCUT2D eigenvalue weighted by atomic mass is 9.72. The fourth-order valence-electron chi connectivity index (χ4n) is 3.67. The van der Waals surface area contributed by atoms with Crippen molar-refractivity contribution in [3.05, 3.63) is 18.0 Å². The Balaban J connectivity index is 1.73. The minimum atomic E-state index is 0.203. The molecule has 0 aromatic carbocycles. The van der Waals surface area contributed by atoms with Gasteiger partial charge in [-0.1, -0.05) is 0 Å². The Morgan fingerprint density at radius 2 is 2.23 bits per heavy atom. The number of aliphatic hydroxyl groups is 1. The number of hydrogen-bond donors (Lipinski definition) is 1. The molecule has 6 nitrogen and oxygen atoms in total. The van der Waals surface area contributed by atoms with Crippen molar-refractivity contribution in [2.24, 2.45) is 5.41 Å². The van der Waals surface area contributed by atoms with Crippen LogP contribution in [0.25, 0.3) is 0 Å². The molecule has 1 unspecified atom stereocenters. The Morgan fingerprint density at radius 1 is 1.41 bits per heavy atom. The van der Waals surface area contributed by atoms with Gasteiger partial charge in [-0.15, -0.1) is 0 Å². The van der Waals surface area contributed by atoms with Gasteiger partial charge in [0.1, 0.15) is 0 Å². The van der Waals surface area contributed by atoms with Crippen molar-refractivity contribution in [2.45, 2.75) is 38.3 Å². The van der Waals surface area contributed by atoms with Crippen LogP contribution in [0.5, 0.6) is 6.01 Å². The highest BCUT2D eigenvalue weighted by molar-refractivity contribution is 5.06. The third kappa shape index (κ3) is 3.39. The van der Waals surface area contributed by atoms with Crippen molar-refractivity contribution in [3.63, 3.8) is 0 Å². The van der Waals surface area contributed by atoms with Gasteiger partial charge in [0.15, 0.2) is 0 Å². The van der Waals surface area contributed by atoms with E-state index >= 15 is 0 Å². The first-order valence-electron chi connectivity index (χ1n) is 8.03. The summed E-state index contributed by atoms with van der Waals surface area (Å²) in [4.78, 5) is 10.8. The molecule has 22 heavy (non-hydrogen) atoms. The van der Waals surface area contributed by atoms with E-state index in [1.54, 1.807) is 13.3 Å². The maximum absolute atomic E-state index is 9.70. The molecule has 6 heteroatoms. The van der Waals surface area contributed by atoms with Crippen LogP contribution in [0, 0.1) is 5.41 Å². The van der Waals surface area contributed by atoms with Crippen LogP contribution in [0.3, 0.4) is 0 Å². The smallest absolute Gasteiger partial charge is 0.316 e. The molecule has 1 aromatic heterocycles. The molecule has 1 N–H and O–H groups in total. The number of aromatic nitrogens is 2. The van der Waals surface area contributed by atoms with Crippen LogP contribution in [0.1, 0.15) is 31.4 Å². The van der Waals surface area contributed by atoms with E-state index in [0.29, 0.717) is 11.4 Å². The summed E-state index contributed by atoms with van der Waals surface area (Å²) in [5, 5.41) is 9.70. The average Bonchev–Trinajstić information content (AvgIpc) is 2.56. The monoisotopic (exact) mass is 307 g/mol. The van der Waals surface area contributed by atoms with Gasteiger partial charge < -0.3 is 14.6 Å². The Labute approximate surface area is 131 Å². The predicted molar refractivity (Wildman–Crippen MR) is 81.6 cm³/mol. The standard InChI is InChI=1S/C16H25N3O3/c1-21-15-17-7-3-13(18-15)10-19-12-16(4-2-14(19)11-20)5-8-22-9-6-16/h3,7,14,20H,2,4-6,8-12H2,1H3. The van der Waals surface area contributed by atoms with Gasteiger partial charge in [0.2, 0.25) is 0 Å². The Morgan fingerprint density at radius 3 is 2.95 bits per heavy atom. The van der Waals surface area contributed by atoms with E-state index in [9.17, 15) is 5.11 Å². The summed E-state index contributed by atoms with van der Waals surface area (Å²) >= 11 is 0. The summed E-state index contributed by atoms with van der Waals surface area (Å²) in [6.45, 7) is 3.66. The highest BCUT2D eigenvalue weighted by Gasteiger charge is 2.40. The number of hydrogen-bond acceptors (Lipinski definition) is 6. The van der Waals surface area contributed by atoms with Gasteiger partial charge in [0, 0.05) is 38.5 Å². The van der Waals surface area contributed by atoms with Gasteiger partial charge in [-0.2, -0.15) is 4.98 Å². The second-order valence-electron chi connectivity index (χ2n) is 6.43. The van der Waals surface area contributed by atoms with Crippen LogP contribution in [-0.2, 0) is 11.3 Å². The lowest BCUT2D eigenvalue weighted by molar-refractivity contribution is -0.0553. The fraction of sp³-hybridized carbons (Fsp3) is 0.750. The summed E-state index contributed by atoms with van der Waals surface area (Å²) in [6.07, 6.45) is 6.19. The maximum Gasteiger partial charge on any atom is 0.316 e. The van der Waals surface area contributed by atoms with Crippen molar-refractivity contribution >= 4 is 0 Å². The van der Waals surface area contributed by atoms with Gasteiger partial charge in [-0.25, -0.2) is 4.98 Å². The Bertz CT molecular complexity index is 491. The number of rotatable bonds is 4. The average molecular weight is 307 g/mol. The van der Waals surface area contributed by atoms with Crippen LogP contribution in [-0.4, -0.2) is 59.5 Å². The largest absolute Gasteiger partial charge is 0.467 e. The van der Waals surface area contributed by atoms with Crippen LogP contribution >= 0.6 is 0 Å². The maximum atomic E-state index is 9.70. The van der Waals surface area contributed by atoms with Crippen molar-refractivity contribution in [1.29, 1.82) is 0 Å². The zero-order valence-corrected chi connectivity index (χ0v) is 13.2. The molecule has 0 aliphatic carbocycles. The molecule has 1 aromatic rings. The Hall–Kier alpha value is -1.24. The van der Waals surface area contributed by atoms with Crippen molar-refractivity contribution < 1.29 is 14.6 Å². The number of ether oxygens (including phenoxy) is 2. The molecule has 0 bridgehead atoms. The summed E-state index contributed by atoms with van der Waals surface area (Å²) < 4.78 is 10.6. The first-order valence-corrected chi connectivity index (χ1v) is 8.03. The Kier molecular flexibility index (Phi) is 4.90. The van der Waals surface area contributed by atoms with Gasteiger partial charge in [-0.05, 0) is 37.2 Å². The van der Waals surface area contributed by atoms with Crippen LogP contribution < -0.4 is 4.74 Å². The third-order valence-electron chi connectivity index (χ3n) is 5.07. The molecule has 2 aliphatic heterocycles. The first kappa shape index (κ1) is 15.6. The zero-order valence-electron chi connectivity index (χ0n) is 13.2. The van der Waals surface area contributed by atoms with Gasteiger partial charge in [0.05, 0.1) is 19.4 Å². The molecule has 0 radical (unpaired) electrons. The minimum Gasteiger partial charge on any atom is -0.467 e. The van der Waals surface area contributed by atoms with E-state index in [4.69, 9.17) is 9.47 Å². The summed E-state index contributed by atoms with van der Waals surface area (Å²) in [6, 6.07) is 2.53. The van der Waals surface area contributed by atoms with Crippen molar-refractivity contribution in [2.75, 3.05) is 33.5 Å². The second-order valence-corrected chi connectivity index (χ2v) is 6.43. The second kappa shape index (κ2) is 6.89. The quantitative estimate of drug-likeness (QED) is 0.902. The summed E-state index contributed by atoms with van der Waals surface area (Å²) in [7, 11) is 1.58. The predicted octanol–water partition coefficient (Wildman–Crippen LogP) is 1.24. The molecular formula is C16H25N3O3. The van der Waals surface area contributed by atoms with Crippen LogP contribution in [0.4, 0.5) is 0 Å². The van der Waals surface area contributed by atoms with Crippen LogP contribution in [0.2, 0.25) is 0 Å². The molecule has 0 saturated carbocycles. The molecule has 1 spiro atoms. The van der Waals surface area contributed by atoms with Gasteiger partial charge in [0.25, 0.3) is 0 Å². The molecule has 122 valence electrons. The molecule has 3 rings (SSSR count). The molecule has 1 atom stereocenters. The molecule has 3 heterocycles. The highest BCUT2D eigenvalue weighted by atomic mass is 16.5. The van der Waals surface area contributed by atoms with Crippen LogP contribution in [0.15, 0.2) is 12.3 Å². The van der Waals surface area contributed by atoms with E-state index in [2.05, 4.69) is 14.9 Å². The van der Waals surface area contributed by atoms with Crippen molar-refractivity contribution in [1.82, 2.24) is 14.9 Å². The summed E-state index contributed by atoms with van der Waals surface area (Å²) in [5.74, 6) is 0. The van der Waals surface area contributed by atoms with E-state index in [0.717, 1.165) is 51.3 Å².